The van der Waals surface area contributed by atoms with Crippen LogP contribution in [0.5, 0.6) is 0 Å². The lowest BCUT2D eigenvalue weighted by molar-refractivity contribution is -0.153. The fourth-order valence-electron chi connectivity index (χ4n) is 4.80. The number of benzene rings is 1. The number of cyclic esters (lactones) is 1. The molecule has 3 heterocycles. The minimum Gasteiger partial charge on any atom is -0.455 e. The quantitative estimate of drug-likeness (QED) is 0.401. The van der Waals surface area contributed by atoms with Crippen LogP contribution in [0.1, 0.15) is 71.7 Å². The number of rotatable bonds is 1. The largest absolute Gasteiger partial charge is 0.455 e. The number of esters is 1. The molecule has 1 fully saturated rings. The van der Waals surface area contributed by atoms with Crippen LogP contribution in [0.25, 0.3) is 16.8 Å². The number of carbonyl (C=O) groups excluding carboxylic acids is 3. The fraction of sp³-hybridized carbons (Fsp3) is 0.500. The third kappa shape index (κ3) is 6.50. The summed E-state index contributed by atoms with van der Waals surface area (Å²) in [6.07, 6.45) is 6.14. The van der Waals surface area contributed by atoms with Crippen molar-refractivity contribution in [3.05, 3.63) is 47.8 Å². The van der Waals surface area contributed by atoms with E-state index in [1.54, 1.807) is 38.9 Å². The Morgan fingerprint density at radius 1 is 1.10 bits per heavy atom. The van der Waals surface area contributed by atoms with Gasteiger partial charge in [-0.3, -0.25) is 29.8 Å². The molecule has 10 heteroatoms. The van der Waals surface area contributed by atoms with Crippen molar-refractivity contribution >= 4 is 40.5 Å². The van der Waals surface area contributed by atoms with Crippen molar-refractivity contribution in [2.45, 2.75) is 78.6 Å². The van der Waals surface area contributed by atoms with E-state index in [-0.39, 0.29) is 23.6 Å². The van der Waals surface area contributed by atoms with Crippen LogP contribution in [0.15, 0.2) is 36.5 Å². The normalized spacial score (nSPS) is 27.2. The average molecular weight is 549 g/mol. The van der Waals surface area contributed by atoms with Crippen molar-refractivity contribution in [2.24, 2.45) is 11.3 Å². The van der Waals surface area contributed by atoms with Crippen LogP contribution in [0, 0.1) is 16.7 Å². The molecule has 1 saturated heterocycles. The molecule has 0 aliphatic carbocycles. The monoisotopic (exact) mass is 548 g/mol. The number of hydrogen-bond acceptors (Lipinski definition) is 7. The highest BCUT2D eigenvalue weighted by Gasteiger charge is 2.34. The molecule has 0 spiro atoms. The van der Waals surface area contributed by atoms with E-state index in [0.29, 0.717) is 25.1 Å². The van der Waals surface area contributed by atoms with E-state index in [1.807, 2.05) is 50.3 Å². The molecular formula is C30H40N6O4. The Morgan fingerprint density at radius 3 is 2.58 bits per heavy atom. The van der Waals surface area contributed by atoms with Gasteiger partial charge in [0.25, 0.3) is 0 Å². The number of amides is 2. The highest BCUT2D eigenvalue weighted by atomic mass is 16.5. The smallest absolute Gasteiger partial charge is 0.325 e. The Morgan fingerprint density at radius 2 is 1.85 bits per heavy atom. The lowest BCUT2D eigenvalue weighted by Gasteiger charge is -2.37. The zero-order valence-electron chi connectivity index (χ0n) is 24.1. The van der Waals surface area contributed by atoms with Gasteiger partial charge in [0.1, 0.15) is 24.0 Å². The Labute approximate surface area is 235 Å². The van der Waals surface area contributed by atoms with Gasteiger partial charge in [0.15, 0.2) is 0 Å². The molecular weight excluding hydrogens is 508 g/mol. The van der Waals surface area contributed by atoms with Gasteiger partial charge in [-0.15, -0.1) is 0 Å². The van der Waals surface area contributed by atoms with Crippen LogP contribution in [0.3, 0.4) is 0 Å². The summed E-state index contributed by atoms with van der Waals surface area (Å²) in [5, 5.41) is 17.9. The van der Waals surface area contributed by atoms with E-state index in [1.165, 1.54) is 0 Å². The van der Waals surface area contributed by atoms with Crippen LogP contribution in [-0.4, -0.2) is 58.3 Å². The number of nitrogens with zero attached hydrogens (tertiary/aromatic N) is 2. The highest BCUT2D eigenvalue weighted by Crippen LogP contribution is 2.25. The standard InChI is InChI=1S/C30H40N6O4/c1-17(2)25-27(37)33-18(3)26(31)36-13-7-8-23(35-36)28(38)40-19(4)24-15-22-14-20(9-10-21(22)16-32-24)11-12-30(5,6)29(39)34-25/h9-12,14-19,23,25,31,35H,7-8,13H2,1-6H3,(H,33,37)(H,34,39)/b12-11+,31-26?/t18?,19-,23?,25?/m1/s1. The Hall–Kier alpha value is -3.79. The summed E-state index contributed by atoms with van der Waals surface area (Å²) in [7, 11) is 0. The molecule has 1 aromatic carbocycles. The summed E-state index contributed by atoms with van der Waals surface area (Å²) in [5.41, 5.74) is 3.74. The Bertz CT molecular complexity index is 1340. The number of aromatic nitrogens is 1. The van der Waals surface area contributed by atoms with Gasteiger partial charge >= 0.3 is 5.97 Å². The van der Waals surface area contributed by atoms with Crippen molar-refractivity contribution in [2.75, 3.05) is 6.54 Å². The molecule has 4 N–H and O–H groups in total. The third-order valence-corrected chi connectivity index (χ3v) is 7.52. The maximum atomic E-state index is 13.3. The molecule has 2 amide bonds. The minimum atomic E-state index is -0.891. The van der Waals surface area contributed by atoms with Crippen LogP contribution >= 0.6 is 0 Å². The molecule has 214 valence electrons. The molecule has 2 aromatic rings. The molecule has 0 saturated carbocycles. The number of pyridine rings is 1. The summed E-state index contributed by atoms with van der Waals surface area (Å²) >= 11 is 0. The van der Waals surface area contributed by atoms with E-state index in [9.17, 15) is 14.4 Å². The fourth-order valence-corrected chi connectivity index (χ4v) is 4.80. The summed E-state index contributed by atoms with van der Waals surface area (Å²) in [6.45, 7) is 11.4. The highest BCUT2D eigenvalue weighted by molar-refractivity contribution is 5.94. The number of hydrogen-bond donors (Lipinski definition) is 4. The van der Waals surface area contributed by atoms with E-state index >= 15 is 0 Å². The number of hydrazine groups is 1. The van der Waals surface area contributed by atoms with Crippen molar-refractivity contribution in [1.29, 1.82) is 5.41 Å². The van der Waals surface area contributed by atoms with Gasteiger partial charge in [0.2, 0.25) is 11.8 Å². The number of fused-ring (bicyclic) bond motifs is 4. The zero-order chi connectivity index (χ0) is 29.2. The molecule has 2 aliphatic rings. The second-order valence-electron chi connectivity index (χ2n) is 11.6. The minimum absolute atomic E-state index is 0.119. The lowest BCUT2D eigenvalue weighted by Crippen LogP contribution is -2.61. The van der Waals surface area contributed by atoms with Crippen molar-refractivity contribution < 1.29 is 19.1 Å². The number of carbonyl (C=O) groups is 3. The summed E-state index contributed by atoms with van der Waals surface area (Å²) < 4.78 is 5.79. The van der Waals surface area contributed by atoms with Crippen molar-refractivity contribution in [3.8, 4) is 0 Å². The second kappa shape index (κ2) is 11.8. The Balaban J connectivity index is 1.70. The van der Waals surface area contributed by atoms with Gasteiger partial charge in [-0.25, -0.2) is 5.43 Å². The molecule has 0 radical (unpaired) electrons. The molecule has 10 nitrogen and oxygen atoms in total. The van der Waals surface area contributed by atoms with Gasteiger partial charge in [0, 0.05) is 18.1 Å². The summed E-state index contributed by atoms with van der Waals surface area (Å²) in [6, 6.07) is 5.75. The molecule has 2 aliphatic heterocycles. The van der Waals surface area contributed by atoms with E-state index in [2.05, 4.69) is 21.0 Å². The molecule has 40 heavy (non-hydrogen) atoms. The first kappa shape index (κ1) is 29.2. The predicted molar refractivity (Wildman–Crippen MR) is 154 cm³/mol. The third-order valence-electron chi connectivity index (χ3n) is 7.52. The molecule has 1 aromatic heterocycles. The lowest BCUT2D eigenvalue weighted by atomic mass is 9.89. The van der Waals surface area contributed by atoms with Crippen molar-refractivity contribution in [1.82, 2.24) is 26.1 Å². The van der Waals surface area contributed by atoms with E-state index in [4.69, 9.17) is 10.1 Å². The first-order chi connectivity index (χ1) is 18.9. The van der Waals surface area contributed by atoms with Gasteiger partial charge < -0.3 is 15.4 Å². The van der Waals surface area contributed by atoms with Crippen LogP contribution in [0.4, 0.5) is 0 Å². The number of nitrogens with one attached hydrogen (secondary N) is 4. The summed E-state index contributed by atoms with van der Waals surface area (Å²) in [5.74, 6) is -1.12. The SMILES string of the molecule is CC1NC(=O)C(C(C)C)NC(=O)C(C)(C)/C=C/c2ccc3cnc(cc3c2)[C@@H](C)OC(=O)C2CCCN(N2)C1=N. The molecule has 5 bridgehead atoms. The van der Waals surface area contributed by atoms with Gasteiger partial charge in [0.05, 0.1) is 17.2 Å². The summed E-state index contributed by atoms with van der Waals surface area (Å²) in [4.78, 5) is 44.2. The molecule has 4 atom stereocenters. The van der Waals surface area contributed by atoms with Gasteiger partial charge in [-0.05, 0) is 69.5 Å². The van der Waals surface area contributed by atoms with Gasteiger partial charge in [-0.1, -0.05) is 38.1 Å². The molecule has 3 unspecified atom stereocenters. The maximum Gasteiger partial charge on any atom is 0.325 e. The number of ether oxygens (including phenoxy) is 1. The van der Waals surface area contributed by atoms with Crippen LogP contribution in [0.2, 0.25) is 0 Å². The predicted octanol–water partition coefficient (Wildman–Crippen LogP) is 3.48. The first-order valence-corrected chi connectivity index (χ1v) is 13.9. The van der Waals surface area contributed by atoms with Crippen molar-refractivity contribution in [3.63, 3.8) is 0 Å². The number of amidine groups is 1. The zero-order valence-corrected chi connectivity index (χ0v) is 24.1. The maximum absolute atomic E-state index is 13.3. The van der Waals surface area contributed by atoms with E-state index < -0.39 is 35.6 Å². The second-order valence-corrected chi connectivity index (χ2v) is 11.6. The Kier molecular flexibility index (Phi) is 8.58. The van der Waals surface area contributed by atoms with Crippen LogP contribution in [-0.2, 0) is 19.1 Å². The van der Waals surface area contributed by atoms with Gasteiger partial charge in [-0.2, -0.15) is 0 Å². The molecule has 4 rings (SSSR count). The van der Waals surface area contributed by atoms with E-state index in [0.717, 1.165) is 16.3 Å². The first-order valence-electron chi connectivity index (χ1n) is 13.9. The topological polar surface area (TPSA) is 137 Å². The average Bonchev–Trinajstić information content (AvgIpc) is 2.92. The van der Waals surface area contributed by atoms with Crippen LogP contribution < -0.4 is 16.1 Å².